The van der Waals surface area contributed by atoms with Crippen LogP contribution in [-0.2, 0) is 8.85 Å². The van der Waals surface area contributed by atoms with Crippen LogP contribution in [0.3, 0.4) is 0 Å². The summed E-state index contributed by atoms with van der Waals surface area (Å²) in [5.74, 6) is 0. The second-order valence-corrected chi connectivity index (χ2v) is 7.37. The van der Waals surface area contributed by atoms with Crippen LogP contribution in [0.5, 0.6) is 0 Å². The van der Waals surface area contributed by atoms with Crippen molar-refractivity contribution in [1.82, 2.24) is 0 Å². The first-order valence-corrected chi connectivity index (χ1v) is 8.47. The average molecular weight is 289 g/mol. The minimum atomic E-state index is -2.16. The third-order valence-electron chi connectivity index (χ3n) is 2.34. The van der Waals surface area contributed by atoms with Crippen LogP contribution in [-0.4, -0.2) is 27.6 Å². The fourth-order valence-electron chi connectivity index (χ4n) is 1.32. The average Bonchev–Trinajstić information content (AvgIpc) is 2.30. The van der Waals surface area contributed by atoms with Crippen molar-refractivity contribution in [2.75, 3.05) is 19.0 Å². The molecule has 0 aromatic heterocycles. The molecule has 0 aliphatic carbocycles. The standard InChI is InChI=1S/C11H17BrO2Si/c1-13-15(2,14-10-6-9-12)11-7-4-3-5-8-11/h3-5,7-8H,6,9-10H2,1-2H3. The van der Waals surface area contributed by atoms with E-state index in [9.17, 15) is 0 Å². The van der Waals surface area contributed by atoms with Gasteiger partial charge in [0.25, 0.3) is 0 Å². The smallest absolute Gasteiger partial charge is 0.369 e. The van der Waals surface area contributed by atoms with Gasteiger partial charge >= 0.3 is 8.56 Å². The summed E-state index contributed by atoms with van der Waals surface area (Å²) < 4.78 is 11.5. The molecule has 0 N–H and O–H groups in total. The highest BCUT2D eigenvalue weighted by Crippen LogP contribution is 2.07. The van der Waals surface area contributed by atoms with Gasteiger partial charge in [0.15, 0.2) is 0 Å². The van der Waals surface area contributed by atoms with Crippen molar-refractivity contribution in [2.24, 2.45) is 0 Å². The van der Waals surface area contributed by atoms with Crippen LogP contribution in [0.1, 0.15) is 6.42 Å². The molecular formula is C11H17BrO2Si. The maximum Gasteiger partial charge on any atom is 0.369 e. The van der Waals surface area contributed by atoms with Gasteiger partial charge < -0.3 is 8.85 Å². The Morgan fingerprint density at radius 3 is 2.47 bits per heavy atom. The Balaban J connectivity index is 2.67. The monoisotopic (exact) mass is 288 g/mol. The van der Waals surface area contributed by atoms with Crippen LogP contribution in [0.15, 0.2) is 30.3 Å². The lowest BCUT2D eigenvalue weighted by atomic mass is 10.4. The molecule has 0 heterocycles. The molecule has 1 unspecified atom stereocenters. The van der Waals surface area contributed by atoms with Gasteiger partial charge in [0.2, 0.25) is 0 Å². The first kappa shape index (κ1) is 12.9. The quantitative estimate of drug-likeness (QED) is 0.455. The summed E-state index contributed by atoms with van der Waals surface area (Å²) in [5.41, 5.74) is 0. The van der Waals surface area contributed by atoms with Crippen molar-refractivity contribution in [3.63, 3.8) is 0 Å². The number of halogens is 1. The van der Waals surface area contributed by atoms with Gasteiger partial charge in [0.1, 0.15) is 0 Å². The highest BCUT2D eigenvalue weighted by atomic mass is 79.9. The van der Waals surface area contributed by atoms with Crippen LogP contribution in [0.2, 0.25) is 6.55 Å². The molecule has 1 aromatic rings. The molecule has 0 bridgehead atoms. The number of alkyl halides is 1. The number of rotatable bonds is 6. The van der Waals surface area contributed by atoms with Gasteiger partial charge in [-0.3, -0.25) is 0 Å². The molecule has 0 aliphatic heterocycles. The summed E-state index contributed by atoms with van der Waals surface area (Å²) in [5, 5.41) is 2.15. The summed E-state index contributed by atoms with van der Waals surface area (Å²) in [6, 6.07) is 10.2. The first-order chi connectivity index (χ1) is 7.23. The number of hydrogen-bond acceptors (Lipinski definition) is 2. The van der Waals surface area contributed by atoms with E-state index in [0.717, 1.165) is 18.4 Å². The molecule has 0 spiro atoms. The van der Waals surface area contributed by atoms with E-state index in [-0.39, 0.29) is 0 Å². The van der Waals surface area contributed by atoms with Crippen LogP contribution in [0.25, 0.3) is 0 Å². The van der Waals surface area contributed by atoms with Crippen LogP contribution < -0.4 is 5.19 Å². The molecule has 84 valence electrons. The van der Waals surface area contributed by atoms with Gasteiger partial charge in [-0.05, 0) is 18.2 Å². The third kappa shape index (κ3) is 3.72. The van der Waals surface area contributed by atoms with E-state index >= 15 is 0 Å². The molecule has 15 heavy (non-hydrogen) atoms. The maximum absolute atomic E-state index is 5.89. The van der Waals surface area contributed by atoms with Crippen LogP contribution in [0, 0.1) is 0 Å². The maximum atomic E-state index is 5.89. The number of hydrogen-bond donors (Lipinski definition) is 0. The van der Waals surface area contributed by atoms with Crippen LogP contribution >= 0.6 is 15.9 Å². The molecule has 0 saturated heterocycles. The topological polar surface area (TPSA) is 18.5 Å². The molecule has 1 aromatic carbocycles. The van der Waals surface area contributed by atoms with Crippen molar-refractivity contribution in [3.05, 3.63) is 30.3 Å². The Labute approximate surface area is 101 Å². The molecule has 0 aliphatic rings. The summed E-state index contributed by atoms with van der Waals surface area (Å²) in [7, 11) is -0.428. The van der Waals surface area contributed by atoms with E-state index in [2.05, 4.69) is 34.6 Å². The predicted octanol–water partition coefficient (Wildman–Crippen LogP) is 2.41. The first-order valence-electron chi connectivity index (χ1n) is 5.03. The Kier molecular flexibility index (Phi) is 5.53. The van der Waals surface area contributed by atoms with Gasteiger partial charge in [-0.1, -0.05) is 46.3 Å². The summed E-state index contributed by atoms with van der Waals surface area (Å²) in [4.78, 5) is 0. The van der Waals surface area contributed by atoms with Gasteiger partial charge in [0.05, 0.1) is 0 Å². The van der Waals surface area contributed by atoms with E-state index in [1.807, 2.05) is 18.2 Å². The Bertz CT molecular complexity index is 281. The molecule has 0 fully saturated rings. The van der Waals surface area contributed by atoms with Crippen molar-refractivity contribution < 1.29 is 8.85 Å². The molecule has 0 saturated carbocycles. The molecule has 4 heteroatoms. The second-order valence-electron chi connectivity index (χ2n) is 3.41. The van der Waals surface area contributed by atoms with E-state index in [1.165, 1.54) is 5.19 Å². The highest BCUT2D eigenvalue weighted by molar-refractivity contribution is 9.09. The zero-order chi connectivity index (χ0) is 11.1. The Morgan fingerprint density at radius 2 is 1.93 bits per heavy atom. The molecule has 1 atom stereocenters. The zero-order valence-electron chi connectivity index (χ0n) is 9.20. The van der Waals surface area contributed by atoms with E-state index in [4.69, 9.17) is 8.85 Å². The van der Waals surface area contributed by atoms with Crippen molar-refractivity contribution in [1.29, 1.82) is 0 Å². The second kappa shape index (κ2) is 6.43. The molecule has 0 radical (unpaired) electrons. The van der Waals surface area contributed by atoms with Crippen molar-refractivity contribution in [2.45, 2.75) is 13.0 Å². The minimum absolute atomic E-state index is 0.747. The molecule has 0 amide bonds. The highest BCUT2D eigenvalue weighted by Gasteiger charge is 2.32. The predicted molar refractivity (Wildman–Crippen MR) is 69.1 cm³/mol. The van der Waals surface area contributed by atoms with E-state index in [1.54, 1.807) is 7.11 Å². The third-order valence-corrected chi connectivity index (χ3v) is 5.82. The summed E-state index contributed by atoms with van der Waals surface area (Å²) in [6.45, 7) is 2.83. The van der Waals surface area contributed by atoms with Gasteiger partial charge in [-0.25, -0.2) is 0 Å². The lowest BCUT2D eigenvalue weighted by molar-refractivity contribution is 0.219. The summed E-state index contributed by atoms with van der Waals surface area (Å²) >= 11 is 3.39. The minimum Gasteiger partial charge on any atom is -0.394 e. The van der Waals surface area contributed by atoms with E-state index < -0.39 is 8.56 Å². The Hall–Kier alpha value is -0.163. The Morgan fingerprint density at radius 1 is 1.27 bits per heavy atom. The largest absolute Gasteiger partial charge is 0.394 e. The number of benzene rings is 1. The van der Waals surface area contributed by atoms with Crippen molar-refractivity contribution in [3.8, 4) is 0 Å². The lowest BCUT2D eigenvalue weighted by Crippen LogP contribution is -2.50. The fraction of sp³-hybridized carbons (Fsp3) is 0.455. The normalized spacial score (nSPS) is 14.9. The molecule has 2 nitrogen and oxygen atoms in total. The van der Waals surface area contributed by atoms with Crippen molar-refractivity contribution >= 4 is 29.7 Å². The van der Waals surface area contributed by atoms with Gasteiger partial charge in [-0.2, -0.15) is 0 Å². The molecular weight excluding hydrogens is 272 g/mol. The van der Waals surface area contributed by atoms with Gasteiger partial charge in [0, 0.05) is 19.0 Å². The molecule has 1 rings (SSSR count). The zero-order valence-corrected chi connectivity index (χ0v) is 11.8. The lowest BCUT2D eigenvalue weighted by Gasteiger charge is -2.25. The fourth-order valence-corrected chi connectivity index (χ4v) is 3.40. The van der Waals surface area contributed by atoms with Crippen LogP contribution in [0.4, 0.5) is 0 Å². The van der Waals surface area contributed by atoms with Gasteiger partial charge in [-0.15, -0.1) is 0 Å². The summed E-state index contributed by atoms with van der Waals surface area (Å²) in [6.07, 6.45) is 1.01. The SMILES string of the molecule is CO[Si](C)(OCCCBr)c1ccccc1. The van der Waals surface area contributed by atoms with E-state index in [0.29, 0.717) is 0 Å².